The molecule has 55 heavy (non-hydrogen) atoms. The number of hydrogen-bond donors (Lipinski definition) is 4. The number of carboxylic acids is 1. The second kappa shape index (κ2) is 15.3. The first-order chi connectivity index (χ1) is 24.3. The Hall–Kier alpha value is -4.29. The molecule has 316 valence electrons. The number of hydrogen-bond acceptors (Lipinski definition) is 10. The number of nitrogens with two attached hydrogens (primary N) is 1. The Morgan fingerprint density at radius 1 is 0.764 bits per heavy atom. The zero-order valence-electron chi connectivity index (χ0n) is 25.8. The van der Waals surface area contributed by atoms with E-state index in [4.69, 9.17) is 15.9 Å². The van der Waals surface area contributed by atoms with Gasteiger partial charge in [0.2, 0.25) is 5.91 Å². The summed E-state index contributed by atoms with van der Waals surface area (Å²) in [6.45, 7) is 2.96. The summed E-state index contributed by atoms with van der Waals surface area (Å²) < 4.78 is 256. The van der Waals surface area contributed by atoms with Crippen LogP contribution in [0.15, 0.2) is 23.8 Å². The Labute approximate surface area is 292 Å². The number of rotatable bonds is 12. The summed E-state index contributed by atoms with van der Waals surface area (Å²) in [5, 5.41) is 8.11. The molecule has 2 bridgehead atoms. The fraction of sp³-hybridized carbons (Fsp3) is 0.625. The van der Waals surface area contributed by atoms with Crippen molar-refractivity contribution in [2.45, 2.75) is 78.8 Å². The number of hydroxylamine groups is 1. The largest absolute Gasteiger partial charge is 0.478 e. The Balaban J connectivity index is 0.000000978. The quantitative estimate of drug-likeness (QED) is 0.0731. The van der Waals surface area contributed by atoms with Crippen LogP contribution in [-0.2, 0) is 43.1 Å². The predicted molar refractivity (Wildman–Crippen MR) is 135 cm³/mol. The molecule has 0 radical (unpaired) electrons. The molecule has 3 aliphatic rings. The number of carbonyl (C=O) groups excluding carboxylic acids is 4. The minimum atomic E-state index is -9.01. The number of primary amides is 1. The molecule has 13 nitrogen and oxygen atoms in total. The van der Waals surface area contributed by atoms with E-state index in [0.29, 0.717) is 5.48 Å². The van der Waals surface area contributed by atoms with E-state index in [2.05, 4.69) is 15.6 Å². The lowest BCUT2D eigenvalue weighted by Gasteiger charge is -2.42. The molecule has 3 atom stereocenters. The Morgan fingerprint density at radius 2 is 1.15 bits per heavy atom. The fourth-order valence-electron chi connectivity index (χ4n) is 4.56. The Morgan fingerprint density at radius 3 is 1.45 bits per heavy atom. The summed E-state index contributed by atoms with van der Waals surface area (Å²) in [5.74, 6) is -60.1. The average molecular weight is 866 g/mol. The van der Waals surface area contributed by atoms with Crippen LogP contribution in [0.25, 0.3) is 0 Å². The van der Waals surface area contributed by atoms with Gasteiger partial charge in [-0.25, -0.2) is 15.1 Å². The van der Waals surface area contributed by atoms with Crippen molar-refractivity contribution in [3.63, 3.8) is 0 Å². The Kier molecular flexibility index (Phi) is 13.6. The first kappa shape index (κ1) is 48.7. The lowest BCUT2D eigenvalue weighted by Crippen LogP contribution is -2.75. The van der Waals surface area contributed by atoms with Crippen LogP contribution in [0.4, 0.5) is 74.6 Å². The first-order valence-electron chi connectivity index (χ1n) is 13.5. The van der Waals surface area contributed by atoms with Crippen molar-refractivity contribution in [3.8, 4) is 0 Å². The number of carboxylic acid groups (broad SMARTS) is 1. The summed E-state index contributed by atoms with van der Waals surface area (Å²) in [6.07, 6.45) is -8.27. The minimum Gasteiger partial charge on any atom is -0.478 e. The molecule has 1 heterocycles. The number of fused-ring (bicyclic) bond motifs is 2. The van der Waals surface area contributed by atoms with Crippen LogP contribution in [0.5, 0.6) is 0 Å². The van der Waals surface area contributed by atoms with Gasteiger partial charge in [0.1, 0.15) is 0 Å². The summed E-state index contributed by atoms with van der Waals surface area (Å²) in [5.41, 5.74) is 4.15. The maximum atomic E-state index is 14.0. The molecule has 1 saturated heterocycles. The summed E-state index contributed by atoms with van der Waals surface area (Å²) in [7, 11) is -8.00. The van der Waals surface area contributed by atoms with Gasteiger partial charge in [0, 0.05) is 17.2 Å². The van der Waals surface area contributed by atoms with E-state index >= 15 is 0 Å². The molecule has 2 amide bonds. The number of alkyl halides is 17. The standard InChI is InChI=1S/C17H11F17N2O5S.C4H4O4.C3H4O2/c18-10(19,12(22,23)14(26,27)16(30,31)32)11(20,21)13(24,25)15(28,29)17(33,34)42(39,40)41-36-9(38)7-5-2-1-4(3-5)6(7)8(35)37;5-2-1-3(6)8-4(2)7;1-2-3(4)5/h4-5H,1-3H2,(H2,35,37)(H,36,38);2,5H,1H2;2H,1H2,(H,4,5). The van der Waals surface area contributed by atoms with Crippen LogP contribution in [-0.4, -0.2) is 101 Å². The van der Waals surface area contributed by atoms with Crippen molar-refractivity contribution in [2.24, 2.45) is 17.6 Å². The maximum absolute atomic E-state index is 14.0. The number of aliphatic hydroxyl groups is 1. The molecule has 5 N–H and O–H groups in total. The van der Waals surface area contributed by atoms with Gasteiger partial charge in [0.25, 0.3) is 5.91 Å². The number of ether oxygens (including phenoxy) is 1. The molecule has 3 unspecified atom stereocenters. The molecule has 2 fully saturated rings. The smallest absolute Gasteiger partial charge is 0.460 e. The number of cyclic esters (lactones) is 2. The minimum absolute atomic E-state index is 0.0183. The highest BCUT2D eigenvalue weighted by molar-refractivity contribution is 7.87. The maximum Gasteiger partial charge on any atom is 0.460 e. The second-order valence-electron chi connectivity index (χ2n) is 10.9. The topological polar surface area (TPSA) is 216 Å². The van der Waals surface area contributed by atoms with Crippen molar-refractivity contribution < 1.29 is 126 Å². The van der Waals surface area contributed by atoms with Gasteiger partial charge in [-0.1, -0.05) is 6.58 Å². The Bertz CT molecular complexity index is 1710. The third-order valence-corrected chi connectivity index (χ3v) is 8.51. The van der Waals surface area contributed by atoms with Gasteiger partial charge >= 0.3 is 75.0 Å². The molecule has 0 spiro atoms. The molecule has 0 aromatic carbocycles. The van der Waals surface area contributed by atoms with E-state index < -0.39 is 116 Å². The number of esters is 2. The van der Waals surface area contributed by atoms with Crippen LogP contribution in [0.1, 0.15) is 25.7 Å². The average Bonchev–Trinajstić information content (AvgIpc) is 3.73. The highest BCUT2D eigenvalue weighted by Crippen LogP contribution is 2.64. The molecule has 0 aromatic heterocycles. The number of halogens is 17. The van der Waals surface area contributed by atoms with Crippen molar-refractivity contribution in [1.82, 2.24) is 5.48 Å². The number of amides is 2. The van der Waals surface area contributed by atoms with Crippen molar-refractivity contribution in [3.05, 3.63) is 23.8 Å². The molecule has 31 heteroatoms. The molecule has 3 rings (SSSR count). The summed E-state index contributed by atoms with van der Waals surface area (Å²) in [4.78, 5) is 53.0. The van der Waals surface area contributed by atoms with Crippen LogP contribution in [0.3, 0.4) is 0 Å². The lowest BCUT2D eigenvalue weighted by atomic mass is 9.91. The molecule has 1 aliphatic heterocycles. The third-order valence-electron chi connectivity index (χ3n) is 7.32. The van der Waals surface area contributed by atoms with Gasteiger partial charge in [0.05, 0.1) is 6.42 Å². The van der Waals surface area contributed by atoms with Gasteiger partial charge in [-0.3, -0.25) is 14.4 Å². The van der Waals surface area contributed by atoms with E-state index in [0.717, 1.165) is 6.08 Å². The SMILES string of the molecule is C=CC(=O)O.NC(=O)C1=C(C(=O)NOS(=O)(=O)C(F)(F)C(F)(F)C(F)(F)C(F)(F)C(F)(F)C(F)(F)C(F)(F)C(F)(F)F)C2CCC1C2.O=C1CC(O)C(=O)O1. The van der Waals surface area contributed by atoms with E-state index in [1.807, 2.05) is 0 Å². The second-order valence-corrected chi connectivity index (χ2v) is 12.5. The molecular formula is C24H19F17N2O11S. The molecular weight excluding hydrogens is 847 g/mol. The van der Waals surface area contributed by atoms with Crippen LogP contribution >= 0.6 is 0 Å². The summed E-state index contributed by atoms with van der Waals surface area (Å²) in [6, 6.07) is 0. The molecule has 1 saturated carbocycles. The van der Waals surface area contributed by atoms with Crippen LogP contribution < -0.4 is 11.2 Å². The van der Waals surface area contributed by atoms with E-state index in [-0.39, 0.29) is 25.7 Å². The normalized spacial score (nSPS) is 21.2. The van der Waals surface area contributed by atoms with Gasteiger partial charge in [-0.15, -0.1) is 4.28 Å². The van der Waals surface area contributed by atoms with Gasteiger partial charge in [-0.2, -0.15) is 83.1 Å². The first-order valence-corrected chi connectivity index (χ1v) is 14.9. The number of carbonyl (C=O) groups is 5. The molecule has 2 aliphatic carbocycles. The van der Waals surface area contributed by atoms with Gasteiger partial charge in [-0.05, 0) is 31.1 Å². The van der Waals surface area contributed by atoms with Crippen LogP contribution in [0, 0.1) is 11.8 Å². The van der Waals surface area contributed by atoms with Gasteiger partial charge in [0.15, 0.2) is 6.10 Å². The highest BCUT2D eigenvalue weighted by Gasteiger charge is 2.96. The van der Waals surface area contributed by atoms with E-state index in [1.54, 1.807) is 0 Å². The number of aliphatic hydroxyl groups excluding tert-OH is 1. The molecule has 0 aromatic rings. The van der Waals surface area contributed by atoms with E-state index in [1.165, 1.54) is 0 Å². The number of nitrogens with one attached hydrogen (secondary N) is 1. The zero-order valence-corrected chi connectivity index (χ0v) is 26.6. The van der Waals surface area contributed by atoms with Crippen molar-refractivity contribution in [2.75, 3.05) is 0 Å². The predicted octanol–water partition coefficient (Wildman–Crippen LogP) is 3.62. The zero-order chi connectivity index (χ0) is 43.9. The van der Waals surface area contributed by atoms with Crippen molar-refractivity contribution in [1.29, 1.82) is 0 Å². The summed E-state index contributed by atoms with van der Waals surface area (Å²) >= 11 is 0. The number of aliphatic carboxylic acids is 1. The van der Waals surface area contributed by atoms with E-state index in [9.17, 15) is 107 Å². The third kappa shape index (κ3) is 8.31. The fourth-order valence-corrected chi connectivity index (χ4v) is 5.29. The monoisotopic (exact) mass is 866 g/mol. The van der Waals surface area contributed by atoms with Crippen molar-refractivity contribution >= 4 is 39.8 Å². The van der Waals surface area contributed by atoms with Gasteiger partial charge < -0.3 is 20.7 Å². The lowest BCUT2D eigenvalue weighted by molar-refractivity contribution is -0.458. The highest BCUT2D eigenvalue weighted by atomic mass is 32.2. The van der Waals surface area contributed by atoms with Crippen LogP contribution in [0.2, 0.25) is 0 Å².